The molecule has 1 N–H and O–H groups in total. The molecule has 3 aromatic rings. The lowest BCUT2D eigenvalue weighted by Crippen LogP contribution is -2.30. The van der Waals surface area contributed by atoms with E-state index in [2.05, 4.69) is 11.8 Å². The van der Waals surface area contributed by atoms with Crippen LogP contribution in [-0.2, 0) is 16.0 Å². The average molecular weight is 467 g/mol. The summed E-state index contributed by atoms with van der Waals surface area (Å²) < 4.78 is 0. The van der Waals surface area contributed by atoms with E-state index in [-0.39, 0.29) is 11.3 Å². The van der Waals surface area contributed by atoms with Crippen LogP contribution in [0.5, 0.6) is 0 Å². The lowest BCUT2D eigenvalue weighted by molar-refractivity contribution is -0.132. The summed E-state index contributed by atoms with van der Waals surface area (Å²) in [5.74, 6) is -1.44. The maximum absolute atomic E-state index is 13.3. The highest BCUT2D eigenvalue weighted by molar-refractivity contribution is 6.51. The lowest BCUT2D eigenvalue weighted by atomic mass is 9.94. The molecule has 1 atom stereocenters. The zero-order valence-electron chi connectivity index (χ0n) is 20.0. The number of nitrogens with zero attached hydrogens (tertiary/aromatic N) is 2. The van der Waals surface area contributed by atoms with Gasteiger partial charge in [0.25, 0.3) is 11.7 Å². The normalized spacial score (nSPS) is 19.9. The van der Waals surface area contributed by atoms with Gasteiger partial charge in [0.15, 0.2) is 0 Å². The van der Waals surface area contributed by atoms with E-state index in [1.807, 2.05) is 66.7 Å². The molecule has 0 radical (unpaired) electrons. The van der Waals surface area contributed by atoms with Crippen LogP contribution >= 0.6 is 0 Å². The first-order chi connectivity index (χ1) is 17.1. The van der Waals surface area contributed by atoms with Crippen molar-refractivity contribution in [3.63, 3.8) is 0 Å². The number of aliphatic hydroxyl groups is 1. The molecule has 2 aliphatic rings. The van der Waals surface area contributed by atoms with E-state index < -0.39 is 17.7 Å². The van der Waals surface area contributed by atoms with Crippen molar-refractivity contribution in [2.45, 2.75) is 38.6 Å². The number of aryl methyl sites for hydroxylation is 1. The van der Waals surface area contributed by atoms with Gasteiger partial charge in [0, 0.05) is 30.0 Å². The monoisotopic (exact) mass is 466 g/mol. The molecule has 2 heterocycles. The zero-order valence-corrected chi connectivity index (χ0v) is 20.0. The molecule has 5 rings (SSSR count). The van der Waals surface area contributed by atoms with Gasteiger partial charge in [0.2, 0.25) is 0 Å². The Balaban J connectivity index is 1.58. The number of piperidine rings is 1. The highest BCUT2D eigenvalue weighted by Gasteiger charge is 2.46. The van der Waals surface area contributed by atoms with Crippen molar-refractivity contribution in [2.75, 3.05) is 22.9 Å². The SMILES string of the molecule is CCc1ccc(/C(O)=C2\C(=O)C(=O)N(c3ccc(N4CCCCC4)cc3)C2c2ccccc2)cc1. The van der Waals surface area contributed by atoms with Crippen LogP contribution in [0.2, 0.25) is 0 Å². The first-order valence-electron chi connectivity index (χ1n) is 12.4. The van der Waals surface area contributed by atoms with Gasteiger partial charge in [-0.2, -0.15) is 0 Å². The number of carbonyl (C=O) groups is 2. The Morgan fingerprint density at radius 3 is 2.09 bits per heavy atom. The quantitative estimate of drug-likeness (QED) is 0.290. The second kappa shape index (κ2) is 9.79. The molecule has 178 valence electrons. The first-order valence-corrected chi connectivity index (χ1v) is 12.4. The minimum absolute atomic E-state index is 0.116. The molecule has 0 spiro atoms. The van der Waals surface area contributed by atoms with Gasteiger partial charge in [-0.05, 0) is 61.1 Å². The number of carbonyl (C=O) groups excluding carboxylic acids is 2. The van der Waals surface area contributed by atoms with E-state index >= 15 is 0 Å². The third-order valence-electron chi connectivity index (χ3n) is 7.04. The molecule has 2 aliphatic heterocycles. The molecule has 0 aliphatic carbocycles. The van der Waals surface area contributed by atoms with Crippen LogP contribution in [-0.4, -0.2) is 29.9 Å². The molecule has 1 unspecified atom stereocenters. The van der Waals surface area contributed by atoms with Crippen LogP contribution in [0.15, 0.2) is 84.4 Å². The van der Waals surface area contributed by atoms with E-state index in [1.165, 1.54) is 24.2 Å². The van der Waals surface area contributed by atoms with Crippen LogP contribution in [0, 0.1) is 0 Å². The Kier molecular flexibility index (Phi) is 6.41. The number of benzene rings is 3. The minimum Gasteiger partial charge on any atom is -0.507 e. The molecule has 5 nitrogen and oxygen atoms in total. The minimum atomic E-state index is -0.706. The highest BCUT2D eigenvalue weighted by Crippen LogP contribution is 2.42. The van der Waals surface area contributed by atoms with E-state index in [1.54, 1.807) is 12.1 Å². The number of aliphatic hydroxyl groups excluding tert-OH is 1. The summed E-state index contributed by atoms with van der Waals surface area (Å²) >= 11 is 0. The standard InChI is InChI=1S/C30H30N2O3/c1-2-21-11-13-23(14-12-21)28(33)26-27(22-9-5-3-6-10-22)32(30(35)29(26)34)25-17-15-24(16-18-25)31-19-7-4-8-20-31/h3,5-6,9-18,27,33H,2,4,7-8,19-20H2,1H3/b28-26+. The Bertz CT molecular complexity index is 1240. The van der Waals surface area contributed by atoms with Crippen LogP contribution in [0.25, 0.3) is 5.76 Å². The Morgan fingerprint density at radius 1 is 0.829 bits per heavy atom. The largest absolute Gasteiger partial charge is 0.507 e. The predicted molar refractivity (Wildman–Crippen MR) is 140 cm³/mol. The highest BCUT2D eigenvalue weighted by atomic mass is 16.3. The van der Waals surface area contributed by atoms with Gasteiger partial charge in [-0.15, -0.1) is 0 Å². The summed E-state index contributed by atoms with van der Waals surface area (Å²) in [5.41, 5.74) is 4.32. The van der Waals surface area contributed by atoms with Crippen molar-refractivity contribution in [2.24, 2.45) is 0 Å². The second-order valence-electron chi connectivity index (χ2n) is 9.19. The number of hydrogen-bond donors (Lipinski definition) is 1. The van der Waals surface area contributed by atoms with E-state index in [4.69, 9.17) is 0 Å². The van der Waals surface area contributed by atoms with Crippen LogP contribution in [0.4, 0.5) is 11.4 Å². The molecule has 1 amide bonds. The van der Waals surface area contributed by atoms with Gasteiger partial charge in [0.05, 0.1) is 11.6 Å². The topological polar surface area (TPSA) is 60.9 Å². The Morgan fingerprint density at radius 2 is 1.46 bits per heavy atom. The number of Topliss-reactive ketones (excluding diaryl/α,β-unsaturated/α-hetero) is 1. The molecule has 2 saturated heterocycles. The van der Waals surface area contributed by atoms with Crippen LogP contribution in [0.3, 0.4) is 0 Å². The smallest absolute Gasteiger partial charge is 0.300 e. The van der Waals surface area contributed by atoms with Gasteiger partial charge in [-0.1, -0.05) is 61.5 Å². The molecule has 2 fully saturated rings. The van der Waals surface area contributed by atoms with E-state index in [9.17, 15) is 14.7 Å². The lowest BCUT2D eigenvalue weighted by Gasteiger charge is -2.30. The first kappa shape index (κ1) is 22.9. The molecule has 5 heteroatoms. The summed E-state index contributed by atoms with van der Waals surface area (Å²) in [5, 5.41) is 11.3. The fourth-order valence-electron chi connectivity index (χ4n) is 5.08. The molecule has 0 saturated carbocycles. The molecular weight excluding hydrogens is 436 g/mol. The number of ketones is 1. The molecule has 0 bridgehead atoms. The Labute approximate surface area is 206 Å². The summed E-state index contributed by atoms with van der Waals surface area (Å²) in [6.45, 7) is 4.13. The molecular formula is C30H30N2O3. The summed E-state index contributed by atoms with van der Waals surface area (Å²) in [6.07, 6.45) is 4.51. The summed E-state index contributed by atoms with van der Waals surface area (Å²) in [6, 6.07) is 24.0. The summed E-state index contributed by atoms with van der Waals surface area (Å²) in [7, 11) is 0. The number of rotatable bonds is 5. The molecule has 35 heavy (non-hydrogen) atoms. The predicted octanol–water partition coefficient (Wildman–Crippen LogP) is 5.87. The fraction of sp³-hybridized carbons (Fsp3) is 0.267. The molecule has 0 aromatic heterocycles. The van der Waals surface area contributed by atoms with E-state index in [0.717, 1.165) is 36.3 Å². The van der Waals surface area contributed by atoms with Crippen molar-refractivity contribution in [3.8, 4) is 0 Å². The Hall–Kier alpha value is -3.86. The maximum atomic E-state index is 13.3. The van der Waals surface area contributed by atoms with Gasteiger partial charge in [-0.3, -0.25) is 14.5 Å². The van der Waals surface area contributed by atoms with E-state index in [0.29, 0.717) is 11.3 Å². The zero-order chi connectivity index (χ0) is 24.4. The van der Waals surface area contributed by atoms with Crippen molar-refractivity contribution in [1.82, 2.24) is 0 Å². The van der Waals surface area contributed by atoms with Gasteiger partial charge in [0.1, 0.15) is 5.76 Å². The van der Waals surface area contributed by atoms with Crippen molar-refractivity contribution in [1.29, 1.82) is 0 Å². The maximum Gasteiger partial charge on any atom is 0.300 e. The number of amides is 1. The fourth-order valence-corrected chi connectivity index (χ4v) is 5.08. The van der Waals surface area contributed by atoms with Crippen molar-refractivity contribution < 1.29 is 14.7 Å². The average Bonchev–Trinajstić information content (AvgIpc) is 3.19. The van der Waals surface area contributed by atoms with Crippen LogP contribution < -0.4 is 9.80 Å². The number of anilines is 2. The third-order valence-corrected chi connectivity index (χ3v) is 7.04. The summed E-state index contributed by atoms with van der Waals surface area (Å²) in [4.78, 5) is 30.5. The number of hydrogen-bond acceptors (Lipinski definition) is 4. The van der Waals surface area contributed by atoms with Gasteiger partial charge < -0.3 is 10.0 Å². The van der Waals surface area contributed by atoms with Crippen molar-refractivity contribution in [3.05, 3.63) is 101 Å². The van der Waals surface area contributed by atoms with Gasteiger partial charge in [-0.25, -0.2) is 0 Å². The van der Waals surface area contributed by atoms with Crippen molar-refractivity contribution >= 4 is 28.8 Å². The van der Waals surface area contributed by atoms with Crippen LogP contribution in [0.1, 0.15) is 48.9 Å². The van der Waals surface area contributed by atoms with Gasteiger partial charge >= 0.3 is 0 Å². The third kappa shape index (κ3) is 4.34. The second-order valence-corrected chi connectivity index (χ2v) is 9.19. The molecule has 3 aromatic carbocycles.